The summed E-state index contributed by atoms with van der Waals surface area (Å²) >= 11 is 1.38. The molecule has 3 amide bonds. The van der Waals surface area contributed by atoms with Gasteiger partial charge < -0.3 is 10.6 Å². The van der Waals surface area contributed by atoms with Crippen LogP contribution in [0.25, 0.3) is 10.8 Å². The van der Waals surface area contributed by atoms with Crippen LogP contribution >= 0.6 is 11.8 Å². The van der Waals surface area contributed by atoms with Crippen molar-refractivity contribution in [3.8, 4) is 0 Å². The zero-order chi connectivity index (χ0) is 25.8. The fourth-order valence-corrected chi connectivity index (χ4v) is 4.79. The van der Waals surface area contributed by atoms with E-state index in [4.69, 9.17) is 0 Å². The zero-order valence-corrected chi connectivity index (χ0v) is 20.9. The summed E-state index contributed by atoms with van der Waals surface area (Å²) in [6.45, 7) is 1.79. The van der Waals surface area contributed by atoms with Crippen LogP contribution in [0, 0.1) is 0 Å². The molecule has 5 rings (SSSR count). The minimum atomic E-state index is -0.415. The number of amides is 3. The van der Waals surface area contributed by atoms with Crippen molar-refractivity contribution in [3.63, 3.8) is 0 Å². The molecule has 2 N–H and O–H groups in total. The van der Waals surface area contributed by atoms with Gasteiger partial charge in [0.25, 0.3) is 11.8 Å². The number of anilines is 2. The maximum absolute atomic E-state index is 12.7. The van der Waals surface area contributed by atoms with Gasteiger partial charge in [0.2, 0.25) is 5.91 Å². The minimum Gasteiger partial charge on any atom is -0.322 e. The highest BCUT2D eigenvalue weighted by atomic mass is 32.2. The molecule has 1 aliphatic rings. The summed E-state index contributed by atoms with van der Waals surface area (Å²) in [7, 11) is 0. The van der Waals surface area contributed by atoms with E-state index < -0.39 is 5.25 Å². The molecule has 1 unspecified atom stereocenters. The van der Waals surface area contributed by atoms with Crippen LogP contribution in [-0.2, 0) is 9.59 Å². The predicted octanol–water partition coefficient (Wildman–Crippen LogP) is 5.44. The molecule has 1 aliphatic heterocycles. The van der Waals surface area contributed by atoms with Crippen LogP contribution in [0.5, 0.6) is 0 Å². The largest absolute Gasteiger partial charge is 0.322 e. The number of fused-ring (bicyclic) bond motifs is 1. The lowest BCUT2D eigenvalue weighted by atomic mass is 10.1. The van der Waals surface area contributed by atoms with Gasteiger partial charge in [-0.1, -0.05) is 48.5 Å². The Morgan fingerprint density at radius 2 is 1.57 bits per heavy atom. The van der Waals surface area contributed by atoms with E-state index in [0.29, 0.717) is 22.8 Å². The molecular formula is C29H24N4O3S. The summed E-state index contributed by atoms with van der Waals surface area (Å²) < 4.78 is 0. The van der Waals surface area contributed by atoms with E-state index in [0.717, 1.165) is 15.7 Å². The monoisotopic (exact) mass is 508 g/mol. The van der Waals surface area contributed by atoms with Gasteiger partial charge in [0.15, 0.2) is 0 Å². The van der Waals surface area contributed by atoms with Gasteiger partial charge in [-0.2, -0.15) is 10.1 Å². The third-order valence-electron chi connectivity index (χ3n) is 5.85. The van der Waals surface area contributed by atoms with E-state index in [2.05, 4.69) is 15.7 Å². The van der Waals surface area contributed by atoms with E-state index >= 15 is 0 Å². The summed E-state index contributed by atoms with van der Waals surface area (Å²) in [4.78, 5) is 38.6. The van der Waals surface area contributed by atoms with Crippen molar-refractivity contribution in [2.45, 2.75) is 23.5 Å². The zero-order valence-electron chi connectivity index (χ0n) is 20.0. The van der Waals surface area contributed by atoms with Crippen LogP contribution in [0.2, 0.25) is 0 Å². The molecule has 8 heteroatoms. The van der Waals surface area contributed by atoms with Gasteiger partial charge in [-0.15, -0.1) is 11.8 Å². The minimum absolute atomic E-state index is 0.0453. The molecule has 0 fully saturated rings. The van der Waals surface area contributed by atoms with E-state index in [1.807, 2.05) is 84.9 Å². The smallest absolute Gasteiger partial charge is 0.255 e. The molecule has 0 spiro atoms. The lowest BCUT2D eigenvalue weighted by Crippen LogP contribution is -2.35. The second-order valence-electron chi connectivity index (χ2n) is 8.55. The molecule has 0 saturated carbocycles. The lowest BCUT2D eigenvalue weighted by Gasteiger charge is -2.12. The van der Waals surface area contributed by atoms with Crippen molar-refractivity contribution in [2.75, 3.05) is 10.3 Å². The summed E-state index contributed by atoms with van der Waals surface area (Å²) in [5, 5.41) is 12.9. The standard InChI is InChI=1S/C29H24N4O3S/c1-19(28(35)31-26-18-27(34)33(32-26)24-9-3-2-4-10-24)37-25-15-13-23(14-16-25)30-29(36)22-12-11-20-7-5-6-8-21(20)17-22/h2-17,19H,18H2,1H3,(H,30,36)(H,31,32,35). The third-order valence-corrected chi connectivity index (χ3v) is 6.96. The highest BCUT2D eigenvalue weighted by molar-refractivity contribution is 8.00. The molecule has 4 aromatic rings. The molecule has 0 saturated heterocycles. The van der Waals surface area contributed by atoms with Gasteiger partial charge in [0, 0.05) is 16.1 Å². The van der Waals surface area contributed by atoms with Crippen LogP contribution in [0.4, 0.5) is 11.4 Å². The fourth-order valence-electron chi connectivity index (χ4n) is 3.92. The second kappa shape index (κ2) is 10.7. The fraction of sp³-hybridized carbons (Fsp3) is 0.103. The first kappa shape index (κ1) is 24.3. The summed E-state index contributed by atoms with van der Waals surface area (Å²) in [6.07, 6.45) is 0.0453. The quantitative estimate of drug-likeness (QED) is 0.340. The van der Waals surface area contributed by atoms with E-state index in [-0.39, 0.29) is 24.1 Å². The van der Waals surface area contributed by atoms with Gasteiger partial charge in [0.1, 0.15) is 5.84 Å². The number of hydrazone groups is 1. The van der Waals surface area contributed by atoms with Gasteiger partial charge in [-0.05, 0) is 66.2 Å². The first-order chi connectivity index (χ1) is 18.0. The van der Waals surface area contributed by atoms with Crippen molar-refractivity contribution < 1.29 is 14.4 Å². The molecule has 1 heterocycles. The number of para-hydroxylation sites is 1. The van der Waals surface area contributed by atoms with Gasteiger partial charge in [0.05, 0.1) is 17.4 Å². The van der Waals surface area contributed by atoms with Crippen LogP contribution in [-0.4, -0.2) is 28.8 Å². The molecule has 0 aliphatic carbocycles. The summed E-state index contributed by atoms with van der Waals surface area (Å²) in [5.74, 6) is -0.281. The number of nitrogens with one attached hydrogen (secondary N) is 2. The molecular weight excluding hydrogens is 484 g/mol. The van der Waals surface area contributed by atoms with Crippen LogP contribution in [0.3, 0.4) is 0 Å². The van der Waals surface area contributed by atoms with Gasteiger partial charge >= 0.3 is 0 Å². The van der Waals surface area contributed by atoms with E-state index in [9.17, 15) is 14.4 Å². The summed E-state index contributed by atoms with van der Waals surface area (Å²) in [5.41, 5.74) is 1.91. The van der Waals surface area contributed by atoms with E-state index in [1.165, 1.54) is 16.8 Å². The number of hydrogen-bond acceptors (Lipinski definition) is 5. The Morgan fingerprint density at radius 3 is 2.32 bits per heavy atom. The molecule has 7 nitrogen and oxygen atoms in total. The average molecular weight is 509 g/mol. The second-order valence-corrected chi connectivity index (χ2v) is 9.97. The molecule has 184 valence electrons. The maximum Gasteiger partial charge on any atom is 0.255 e. The molecule has 0 radical (unpaired) electrons. The van der Waals surface area contributed by atoms with Crippen molar-refractivity contribution in [2.24, 2.45) is 5.10 Å². The van der Waals surface area contributed by atoms with Gasteiger partial charge in [-0.3, -0.25) is 14.4 Å². The van der Waals surface area contributed by atoms with Crippen molar-refractivity contribution in [1.29, 1.82) is 0 Å². The number of carbonyl (C=O) groups is 3. The molecule has 37 heavy (non-hydrogen) atoms. The Kier molecular flexibility index (Phi) is 7.00. The molecule has 0 bridgehead atoms. The molecule has 0 aromatic heterocycles. The Morgan fingerprint density at radius 1 is 0.865 bits per heavy atom. The predicted molar refractivity (Wildman–Crippen MR) is 148 cm³/mol. The number of benzene rings is 4. The number of rotatable bonds is 6. The van der Waals surface area contributed by atoms with Crippen molar-refractivity contribution in [3.05, 3.63) is 103 Å². The van der Waals surface area contributed by atoms with Crippen LogP contribution in [0.1, 0.15) is 23.7 Å². The van der Waals surface area contributed by atoms with Crippen LogP contribution < -0.4 is 15.6 Å². The number of nitrogens with zero attached hydrogens (tertiary/aromatic N) is 2. The lowest BCUT2D eigenvalue weighted by molar-refractivity contribution is -0.118. The van der Waals surface area contributed by atoms with Gasteiger partial charge in [-0.25, -0.2) is 0 Å². The molecule has 4 aromatic carbocycles. The van der Waals surface area contributed by atoms with Crippen molar-refractivity contribution in [1.82, 2.24) is 5.32 Å². The van der Waals surface area contributed by atoms with Crippen molar-refractivity contribution >= 4 is 57.5 Å². The number of thioether (sulfide) groups is 1. The SMILES string of the molecule is CC(Sc1ccc(NC(=O)c2ccc3ccccc3c2)cc1)C(=O)NC1=NN(c2ccccc2)C(=O)C1. The molecule has 1 atom stereocenters. The normalized spacial score (nSPS) is 13.8. The Balaban J connectivity index is 1.16. The Hall–Kier alpha value is -4.43. The Labute approximate surface area is 218 Å². The first-order valence-corrected chi connectivity index (χ1v) is 12.7. The topological polar surface area (TPSA) is 90.9 Å². The first-order valence-electron chi connectivity index (χ1n) is 11.8. The maximum atomic E-state index is 12.7. The van der Waals surface area contributed by atoms with Crippen LogP contribution in [0.15, 0.2) is 107 Å². The number of hydrogen-bond donors (Lipinski definition) is 2. The number of amidine groups is 1. The highest BCUT2D eigenvalue weighted by Crippen LogP contribution is 2.26. The van der Waals surface area contributed by atoms with E-state index in [1.54, 1.807) is 19.1 Å². The number of carbonyl (C=O) groups excluding carboxylic acids is 3. The Bertz CT molecular complexity index is 1500. The average Bonchev–Trinajstić information content (AvgIpc) is 3.29. The third kappa shape index (κ3) is 5.70. The summed E-state index contributed by atoms with van der Waals surface area (Å²) in [6, 6.07) is 29.9. The highest BCUT2D eigenvalue weighted by Gasteiger charge is 2.27.